The van der Waals surface area contributed by atoms with Crippen LogP contribution in [0.4, 0.5) is 0 Å². The van der Waals surface area contributed by atoms with Crippen LogP contribution in [0, 0.1) is 0 Å². The van der Waals surface area contributed by atoms with E-state index in [0.717, 1.165) is 31.5 Å². The van der Waals surface area contributed by atoms with Gasteiger partial charge in [0.15, 0.2) is 0 Å². The second kappa shape index (κ2) is 7.56. The molecular weight excluding hydrogens is 270 g/mol. The summed E-state index contributed by atoms with van der Waals surface area (Å²) < 4.78 is 6.82. The summed E-state index contributed by atoms with van der Waals surface area (Å²) in [7, 11) is 1.84. The third-order valence-electron chi connectivity index (χ3n) is 4.12. The van der Waals surface area contributed by atoms with Crippen LogP contribution in [0.3, 0.4) is 0 Å². The van der Waals surface area contributed by atoms with E-state index in [-0.39, 0.29) is 18.6 Å². The van der Waals surface area contributed by atoms with E-state index < -0.39 is 0 Å². The molecule has 21 heavy (non-hydrogen) atoms. The Bertz CT molecular complexity index is 473. The fraction of sp³-hybridized carbons (Fsp3) is 0.733. The van der Waals surface area contributed by atoms with Gasteiger partial charge in [-0.15, -0.1) is 0 Å². The number of carbonyl (C=O) groups is 1. The Morgan fingerprint density at radius 3 is 3.00 bits per heavy atom. The molecule has 1 N–H and O–H groups in total. The highest BCUT2D eigenvalue weighted by atomic mass is 16.5. The second-order valence-corrected chi connectivity index (χ2v) is 5.51. The summed E-state index contributed by atoms with van der Waals surface area (Å²) in [5.41, 5.74) is 1.38. The maximum atomic E-state index is 12.0. The van der Waals surface area contributed by atoms with E-state index >= 15 is 0 Å². The SMILES string of the molecule is CCOC(=O)c1cnn(C)c1CN1CCCCCC1CO. The van der Waals surface area contributed by atoms with Gasteiger partial charge >= 0.3 is 5.97 Å². The number of likely N-dealkylation sites (tertiary alicyclic amines) is 1. The zero-order chi connectivity index (χ0) is 15.2. The maximum Gasteiger partial charge on any atom is 0.341 e. The Kier molecular flexibility index (Phi) is 5.76. The van der Waals surface area contributed by atoms with Crippen molar-refractivity contribution >= 4 is 5.97 Å². The molecule has 0 spiro atoms. The lowest BCUT2D eigenvalue weighted by Gasteiger charge is -2.28. The number of aliphatic hydroxyl groups excluding tert-OH is 1. The van der Waals surface area contributed by atoms with E-state index in [4.69, 9.17) is 4.74 Å². The number of hydrogen-bond donors (Lipinski definition) is 1. The Labute approximate surface area is 125 Å². The summed E-state index contributed by atoms with van der Waals surface area (Å²) in [5, 5.41) is 13.8. The van der Waals surface area contributed by atoms with Gasteiger partial charge in [0, 0.05) is 19.6 Å². The van der Waals surface area contributed by atoms with Gasteiger partial charge in [-0.05, 0) is 26.3 Å². The lowest BCUT2D eigenvalue weighted by molar-refractivity contribution is 0.0521. The second-order valence-electron chi connectivity index (χ2n) is 5.51. The quantitative estimate of drug-likeness (QED) is 0.830. The molecule has 0 aliphatic carbocycles. The smallest absolute Gasteiger partial charge is 0.341 e. The molecule has 0 bridgehead atoms. The first-order chi connectivity index (χ1) is 10.2. The molecule has 1 unspecified atom stereocenters. The maximum absolute atomic E-state index is 12.0. The standard InChI is InChI=1S/C15H25N3O3/c1-3-21-15(20)13-9-16-17(2)14(13)10-18-8-6-4-5-7-12(18)11-19/h9,12,19H,3-8,10-11H2,1-2H3. The minimum Gasteiger partial charge on any atom is -0.462 e. The van der Waals surface area contributed by atoms with Crippen LogP contribution in [0.1, 0.15) is 48.7 Å². The largest absolute Gasteiger partial charge is 0.462 e. The van der Waals surface area contributed by atoms with Crippen LogP contribution in [-0.2, 0) is 18.3 Å². The van der Waals surface area contributed by atoms with Crippen molar-refractivity contribution in [3.8, 4) is 0 Å². The molecule has 1 aromatic rings. The van der Waals surface area contributed by atoms with Crippen LogP contribution >= 0.6 is 0 Å². The zero-order valence-corrected chi connectivity index (χ0v) is 12.9. The average molecular weight is 295 g/mol. The van der Waals surface area contributed by atoms with Crippen molar-refractivity contribution < 1.29 is 14.6 Å². The molecule has 2 rings (SSSR count). The molecule has 1 fully saturated rings. The molecule has 1 aliphatic rings. The molecule has 1 atom stereocenters. The van der Waals surface area contributed by atoms with Crippen LogP contribution in [-0.4, -0.2) is 51.6 Å². The number of hydrogen-bond acceptors (Lipinski definition) is 5. The fourth-order valence-electron chi connectivity index (χ4n) is 2.87. The zero-order valence-electron chi connectivity index (χ0n) is 12.9. The summed E-state index contributed by atoms with van der Waals surface area (Å²) in [6.07, 6.45) is 6.05. The van der Waals surface area contributed by atoms with Crippen LogP contribution in [0.2, 0.25) is 0 Å². The Balaban J connectivity index is 2.17. The van der Waals surface area contributed by atoms with Crippen molar-refractivity contribution in [1.82, 2.24) is 14.7 Å². The predicted molar refractivity (Wildman–Crippen MR) is 78.9 cm³/mol. The molecule has 0 aromatic carbocycles. The number of rotatable bonds is 5. The highest BCUT2D eigenvalue weighted by Crippen LogP contribution is 2.20. The topological polar surface area (TPSA) is 67.6 Å². The van der Waals surface area contributed by atoms with Crippen molar-refractivity contribution in [2.75, 3.05) is 19.8 Å². The monoisotopic (exact) mass is 295 g/mol. The summed E-state index contributed by atoms with van der Waals surface area (Å²) >= 11 is 0. The highest BCUT2D eigenvalue weighted by molar-refractivity contribution is 5.90. The van der Waals surface area contributed by atoms with Gasteiger partial charge in [-0.3, -0.25) is 9.58 Å². The molecule has 0 radical (unpaired) electrons. The van der Waals surface area contributed by atoms with Gasteiger partial charge in [-0.25, -0.2) is 4.79 Å². The lowest BCUT2D eigenvalue weighted by Crippen LogP contribution is -2.37. The first-order valence-electron chi connectivity index (χ1n) is 7.70. The van der Waals surface area contributed by atoms with Crippen LogP contribution in [0.25, 0.3) is 0 Å². The van der Waals surface area contributed by atoms with E-state index in [1.807, 2.05) is 7.05 Å². The van der Waals surface area contributed by atoms with Gasteiger partial charge in [0.25, 0.3) is 0 Å². The van der Waals surface area contributed by atoms with Crippen molar-refractivity contribution in [2.45, 2.75) is 45.2 Å². The number of nitrogens with zero attached hydrogens (tertiary/aromatic N) is 3. The Morgan fingerprint density at radius 1 is 1.48 bits per heavy atom. The molecule has 2 heterocycles. The Morgan fingerprint density at radius 2 is 2.29 bits per heavy atom. The van der Waals surface area contributed by atoms with Crippen LogP contribution < -0.4 is 0 Å². The van der Waals surface area contributed by atoms with E-state index in [1.54, 1.807) is 17.8 Å². The number of aromatic nitrogens is 2. The highest BCUT2D eigenvalue weighted by Gasteiger charge is 2.24. The minimum absolute atomic E-state index is 0.159. The summed E-state index contributed by atoms with van der Waals surface area (Å²) in [5.74, 6) is -0.323. The molecular formula is C15H25N3O3. The molecule has 6 nitrogen and oxygen atoms in total. The van der Waals surface area contributed by atoms with Gasteiger partial charge in [-0.2, -0.15) is 5.10 Å². The van der Waals surface area contributed by atoms with E-state index in [9.17, 15) is 9.90 Å². The van der Waals surface area contributed by atoms with E-state index in [2.05, 4.69) is 10.00 Å². The number of esters is 1. The number of aryl methyl sites for hydroxylation is 1. The van der Waals surface area contributed by atoms with Crippen molar-refractivity contribution in [1.29, 1.82) is 0 Å². The number of carbonyl (C=O) groups excluding carboxylic acids is 1. The van der Waals surface area contributed by atoms with Gasteiger partial charge in [0.05, 0.1) is 25.1 Å². The lowest BCUT2D eigenvalue weighted by atomic mass is 10.1. The Hall–Kier alpha value is -1.40. The summed E-state index contributed by atoms with van der Waals surface area (Å²) in [6, 6.07) is 0.164. The normalized spacial score (nSPS) is 20.2. The predicted octanol–water partition coefficient (Wildman–Crippen LogP) is 1.33. The van der Waals surface area contributed by atoms with Crippen molar-refractivity contribution in [3.05, 3.63) is 17.5 Å². The van der Waals surface area contributed by atoms with Gasteiger partial charge in [0.2, 0.25) is 0 Å². The number of aliphatic hydroxyl groups is 1. The van der Waals surface area contributed by atoms with Crippen LogP contribution in [0.15, 0.2) is 6.20 Å². The summed E-state index contributed by atoms with van der Waals surface area (Å²) in [6.45, 7) is 3.88. The third kappa shape index (κ3) is 3.83. The summed E-state index contributed by atoms with van der Waals surface area (Å²) in [4.78, 5) is 14.3. The molecule has 6 heteroatoms. The van der Waals surface area contributed by atoms with Gasteiger partial charge in [-0.1, -0.05) is 12.8 Å². The molecule has 118 valence electrons. The van der Waals surface area contributed by atoms with E-state index in [0.29, 0.717) is 18.7 Å². The van der Waals surface area contributed by atoms with Crippen molar-refractivity contribution in [2.24, 2.45) is 7.05 Å². The van der Waals surface area contributed by atoms with Gasteiger partial charge < -0.3 is 9.84 Å². The van der Waals surface area contributed by atoms with Crippen molar-refractivity contribution in [3.63, 3.8) is 0 Å². The fourth-order valence-corrected chi connectivity index (χ4v) is 2.87. The van der Waals surface area contributed by atoms with E-state index in [1.165, 1.54) is 6.42 Å². The molecule has 1 aromatic heterocycles. The molecule has 1 aliphatic heterocycles. The molecule has 1 saturated heterocycles. The number of ether oxygens (including phenoxy) is 1. The molecule has 0 saturated carbocycles. The molecule has 0 amide bonds. The first kappa shape index (κ1) is 16.0. The first-order valence-corrected chi connectivity index (χ1v) is 7.70. The minimum atomic E-state index is -0.323. The van der Waals surface area contributed by atoms with Gasteiger partial charge in [0.1, 0.15) is 5.56 Å². The van der Waals surface area contributed by atoms with Crippen LogP contribution in [0.5, 0.6) is 0 Å². The third-order valence-corrected chi connectivity index (χ3v) is 4.12. The average Bonchev–Trinajstić information content (AvgIpc) is 2.70.